The highest BCUT2D eigenvalue weighted by atomic mass is 16.6. The van der Waals surface area contributed by atoms with Gasteiger partial charge in [-0.1, -0.05) is 54.6 Å². The first-order valence-electron chi connectivity index (χ1n) is 13.3. The van der Waals surface area contributed by atoms with Gasteiger partial charge >= 0.3 is 6.09 Å². The number of aromatic nitrogens is 4. The van der Waals surface area contributed by atoms with Gasteiger partial charge < -0.3 is 15.4 Å². The fourth-order valence-corrected chi connectivity index (χ4v) is 4.96. The van der Waals surface area contributed by atoms with Gasteiger partial charge in [-0.15, -0.1) is 5.10 Å². The number of ether oxygens (including phenoxy) is 1. The van der Waals surface area contributed by atoms with Crippen LogP contribution in [0.5, 0.6) is 0 Å². The monoisotopic (exact) mass is 512 g/mol. The number of hydrogen-bond acceptors (Lipinski definition) is 6. The Balaban J connectivity index is 1.59. The first-order valence-corrected chi connectivity index (χ1v) is 13.3. The van der Waals surface area contributed by atoms with E-state index in [1.54, 1.807) is 4.52 Å². The van der Waals surface area contributed by atoms with Crippen molar-refractivity contribution in [3.05, 3.63) is 66.0 Å². The molecule has 0 radical (unpaired) electrons. The molecule has 0 bridgehead atoms. The molecule has 8 heteroatoms. The van der Waals surface area contributed by atoms with Crippen molar-refractivity contribution in [2.24, 2.45) is 0 Å². The molecule has 2 heterocycles. The van der Waals surface area contributed by atoms with Gasteiger partial charge in [0, 0.05) is 11.6 Å². The molecular weight excluding hydrogens is 476 g/mol. The van der Waals surface area contributed by atoms with Crippen molar-refractivity contribution < 1.29 is 9.53 Å². The molecule has 0 unspecified atom stereocenters. The molecule has 0 saturated heterocycles. The van der Waals surface area contributed by atoms with Gasteiger partial charge in [0.1, 0.15) is 17.2 Å². The van der Waals surface area contributed by atoms with Gasteiger partial charge in [-0.25, -0.2) is 9.78 Å². The fourth-order valence-electron chi connectivity index (χ4n) is 4.96. The molecule has 1 saturated carbocycles. The molecule has 8 nitrogen and oxygen atoms in total. The van der Waals surface area contributed by atoms with E-state index < -0.39 is 11.1 Å². The predicted octanol–water partition coefficient (Wildman–Crippen LogP) is 6.49. The van der Waals surface area contributed by atoms with Crippen molar-refractivity contribution in [1.82, 2.24) is 24.9 Å². The highest BCUT2D eigenvalue weighted by molar-refractivity contribution is 5.89. The molecule has 38 heavy (non-hydrogen) atoms. The second-order valence-corrected chi connectivity index (χ2v) is 11.4. The van der Waals surface area contributed by atoms with Gasteiger partial charge in [-0.3, -0.25) is 0 Å². The second-order valence-electron chi connectivity index (χ2n) is 11.4. The zero-order chi connectivity index (χ0) is 27.1. The molecule has 2 aromatic heterocycles. The molecule has 5 rings (SSSR count). The van der Waals surface area contributed by atoms with E-state index in [4.69, 9.17) is 9.72 Å². The first kappa shape index (κ1) is 25.7. The molecule has 0 spiro atoms. The Morgan fingerprint density at radius 2 is 1.68 bits per heavy atom. The Labute approximate surface area is 223 Å². The van der Waals surface area contributed by atoms with Crippen LogP contribution < -0.4 is 10.6 Å². The summed E-state index contributed by atoms with van der Waals surface area (Å²) in [5.74, 6) is 2.07. The maximum atomic E-state index is 12.6. The lowest BCUT2D eigenvalue weighted by Crippen LogP contribution is -2.52. The average Bonchev–Trinajstić information content (AvgIpc) is 3.21. The first-order chi connectivity index (χ1) is 18.0. The topological polar surface area (TPSA) is 93.4 Å². The lowest BCUT2D eigenvalue weighted by atomic mass is 9.71. The quantitative estimate of drug-likeness (QED) is 0.307. The molecule has 2 N–H and O–H groups in total. The summed E-state index contributed by atoms with van der Waals surface area (Å²) < 4.78 is 7.35. The number of amides is 1. The summed E-state index contributed by atoms with van der Waals surface area (Å²) in [6.07, 6.45) is 2.44. The maximum absolute atomic E-state index is 12.6. The van der Waals surface area contributed by atoms with Crippen molar-refractivity contribution in [3.63, 3.8) is 0 Å². The minimum Gasteiger partial charge on any atom is -0.444 e. The molecular formula is C30H36N6O2. The van der Waals surface area contributed by atoms with Crippen LogP contribution in [0.4, 0.5) is 10.6 Å². The largest absolute Gasteiger partial charge is 0.444 e. The lowest BCUT2D eigenvalue weighted by Gasteiger charge is -2.43. The molecule has 1 aliphatic carbocycles. The Bertz CT molecular complexity index is 1450. The van der Waals surface area contributed by atoms with E-state index in [0.29, 0.717) is 11.6 Å². The van der Waals surface area contributed by atoms with Crippen LogP contribution in [-0.4, -0.2) is 37.3 Å². The summed E-state index contributed by atoms with van der Waals surface area (Å²) in [6, 6.07) is 18.8. The van der Waals surface area contributed by atoms with Crippen molar-refractivity contribution in [2.45, 2.75) is 78.0 Å². The number of benzene rings is 2. The number of aryl methyl sites for hydroxylation is 1. The fraction of sp³-hybridized carbons (Fsp3) is 0.400. The average molecular weight is 513 g/mol. The molecule has 0 atom stereocenters. The van der Waals surface area contributed by atoms with Crippen LogP contribution in [0.15, 0.2) is 54.6 Å². The van der Waals surface area contributed by atoms with Crippen LogP contribution in [0.1, 0.15) is 65.3 Å². The van der Waals surface area contributed by atoms with Crippen LogP contribution in [0.25, 0.3) is 28.2 Å². The third kappa shape index (κ3) is 5.08. The van der Waals surface area contributed by atoms with Crippen molar-refractivity contribution in [2.75, 3.05) is 5.32 Å². The summed E-state index contributed by atoms with van der Waals surface area (Å²) >= 11 is 0. The van der Waals surface area contributed by atoms with E-state index in [1.165, 1.54) is 0 Å². The number of anilines is 1. The third-order valence-corrected chi connectivity index (χ3v) is 6.74. The number of rotatable bonds is 6. The Kier molecular flexibility index (Phi) is 6.59. The van der Waals surface area contributed by atoms with Crippen LogP contribution >= 0.6 is 0 Å². The van der Waals surface area contributed by atoms with Crippen molar-refractivity contribution in [1.29, 1.82) is 0 Å². The van der Waals surface area contributed by atoms with Crippen LogP contribution in [-0.2, 0) is 10.3 Å². The molecule has 2 aromatic carbocycles. The van der Waals surface area contributed by atoms with Gasteiger partial charge in [-0.2, -0.15) is 9.50 Å². The number of carbonyl (C=O) groups is 1. The van der Waals surface area contributed by atoms with Gasteiger partial charge in [0.25, 0.3) is 5.78 Å². The number of carbonyl (C=O) groups excluding carboxylic acids is 1. The molecule has 1 fully saturated rings. The highest BCUT2D eigenvalue weighted by Gasteiger charge is 2.41. The molecule has 0 aliphatic heterocycles. The second kappa shape index (κ2) is 9.74. The van der Waals surface area contributed by atoms with Gasteiger partial charge in [0.15, 0.2) is 0 Å². The van der Waals surface area contributed by atoms with Crippen LogP contribution in [0.2, 0.25) is 0 Å². The predicted molar refractivity (Wildman–Crippen MR) is 150 cm³/mol. The van der Waals surface area contributed by atoms with Gasteiger partial charge in [0.2, 0.25) is 0 Å². The normalized spacial score (nSPS) is 14.8. The van der Waals surface area contributed by atoms with Crippen molar-refractivity contribution in [3.8, 4) is 22.4 Å². The lowest BCUT2D eigenvalue weighted by molar-refractivity contribution is 0.0377. The summed E-state index contributed by atoms with van der Waals surface area (Å²) in [4.78, 5) is 22.2. The highest BCUT2D eigenvalue weighted by Crippen LogP contribution is 2.43. The van der Waals surface area contributed by atoms with E-state index >= 15 is 0 Å². The maximum Gasteiger partial charge on any atom is 0.408 e. The minimum absolute atomic E-state index is 0.181. The number of fused-ring (bicyclic) bond motifs is 1. The standard InChI is InChI=1S/C30H36N6O2/c1-19(2)31-26-24(21-11-8-7-9-12-21)25(33-27-32-20(3)35-36(26)27)22-13-15-23(16-14-22)30(17-10-18-30)34-28(37)38-29(4,5)6/h7-9,11-16,19,31H,10,17-18H2,1-6H3,(H,34,37). The summed E-state index contributed by atoms with van der Waals surface area (Å²) in [6.45, 7) is 11.7. The van der Waals surface area contributed by atoms with E-state index in [2.05, 4.69) is 71.0 Å². The van der Waals surface area contributed by atoms with Crippen LogP contribution in [0.3, 0.4) is 0 Å². The SMILES string of the molecule is Cc1nc2nc(-c3ccc(C4(NC(=O)OC(C)(C)C)CCC4)cc3)c(-c3ccccc3)c(NC(C)C)n2n1. The van der Waals surface area contributed by atoms with E-state index in [-0.39, 0.29) is 12.1 Å². The molecule has 1 aliphatic rings. The molecule has 198 valence electrons. The minimum atomic E-state index is -0.543. The van der Waals surface area contributed by atoms with E-state index in [1.807, 2.05) is 45.9 Å². The number of nitrogens with one attached hydrogen (secondary N) is 2. The number of alkyl carbamates (subject to hydrolysis) is 1. The Hall–Kier alpha value is -3.94. The zero-order valence-electron chi connectivity index (χ0n) is 23.0. The number of nitrogens with zero attached hydrogens (tertiary/aromatic N) is 4. The van der Waals surface area contributed by atoms with E-state index in [0.717, 1.165) is 53.0 Å². The summed E-state index contributed by atoms with van der Waals surface area (Å²) in [7, 11) is 0. The van der Waals surface area contributed by atoms with E-state index in [9.17, 15) is 4.79 Å². The Morgan fingerprint density at radius 3 is 2.26 bits per heavy atom. The van der Waals surface area contributed by atoms with Gasteiger partial charge in [0.05, 0.1) is 16.8 Å². The van der Waals surface area contributed by atoms with Crippen molar-refractivity contribution >= 4 is 17.7 Å². The Morgan fingerprint density at radius 1 is 1.00 bits per heavy atom. The zero-order valence-corrected chi connectivity index (χ0v) is 23.0. The summed E-state index contributed by atoms with van der Waals surface area (Å²) in [5.41, 5.74) is 3.92. The van der Waals surface area contributed by atoms with Gasteiger partial charge in [-0.05, 0) is 71.9 Å². The molecule has 1 amide bonds. The molecule has 4 aromatic rings. The smallest absolute Gasteiger partial charge is 0.408 e. The van der Waals surface area contributed by atoms with Crippen LogP contribution in [0, 0.1) is 6.92 Å². The summed E-state index contributed by atoms with van der Waals surface area (Å²) in [5, 5.41) is 11.4. The number of hydrogen-bond donors (Lipinski definition) is 2. The third-order valence-electron chi connectivity index (χ3n) is 6.74.